The zero-order valence-electron chi connectivity index (χ0n) is 20.5. The Kier molecular flexibility index (Phi) is 7.61. The van der Waals surface area contributed by atoms with Gasteiger partial charge in [-0.05, 0) is 28.3 Å². The highest BCUT2D eigenvalue weighted by Crippen LogP contribution is 2.36. The predicted octanol–water partition coefficient (Wildman–Crippen LogP) is 6.15. The number of carbonyl (C=O) groups excluding carboxylic acids is 1. The molecule has 1 atom stereocenters. The van der Waals surface area contributed by atoms with Crippen LogP contribution in [0.4, 0.5) is 0 Å². The maximum Gasteiger partial charge on any atom is 0.326 e. The second-order valence-corrected chi connectivity index (χ2v) is 9.49. The SMILES string of the molecule is O=C(O)[C@H]1Cc2ccccc2CN1C(=O)c1cc(Cl)c(OCc2ccccc2)cc1OCc1ccccc1. The number of rotatable bonds is 8. The van der Waals surface area contributed by atoms with Crippen LogP contribution in [0.25, 0.3) is 0 Å². The molecule has 0 aromatic heterocycles. The van der Waals surface area contributed by atoms with E-state index in [1.807, 2.05) is 84.9 Å². The van der Waals surface area contributed by atoms with Gasteiger partial charge in [0.1, 0.15) is 30.8 Å². The number of amides is 1. The summed E-state index contributed by atoms with van der Waals surface area (Å²) >= 11 is 6.58. The van der Waals surface area contributed by atoms with Gasteiger partial charge in [0.15, 0.2) is 0 Å². The van der Waals surface area contributed by atoms with Crippen LogP contribution in [0.1, 0.15) is 32.6 Å². The van der Waals surface area contributed by atoms with Gasteiger partial charge < -0.3 is 19.5 Å². The molecule has 5 rings (SSSR count). The lowest BCUT2D eigenvalue weighted by Gasteiger charge is -2.35. The van der Waals surface area contributed by atoms with Gasteiger partial charge in [-0.15, -0.1) is 0 Å². The summed E-state index contributed by atoms with van der Waals surface area (Å²) in [7, 11) is 0. The second-order valence-electron chi connectivity index (χ2n) is 9.09. The molecular weight excluding hydrogens is 502 g/mol. The van der Waals surface area contributed by atoms with Gasteiger partial charge in [-0.2, -0.15) is 0 Å². The molecular formula is C31H26ClNO5. The highest BCUT2D eigenvalue weighted by molar-refractivity contribution is 6.32. The van der Waals surface area contributed by atoms with E-state index in [0.29, 0.717) is 5.75 Å². The first-order chi connectivity index (χ1) is 18.5. The number of hydrogen-bond donors (Lipinski definition) is 1. The Bertz CT molecular complexity index is 1440. The molecule has 4 aromatic rings. The molecule has 0 bridgehead atoms. The highest BCUT2D eigenvalue weighted by Gasteiger charge is 2.36. The molecule has 38 heavy (non-hydrogen) atoms. The van der Waals surface area contributed by atoms with Crippen LogP contribution >= 0.6 is 11.6 Å². The standard InChI is InChI=1S/C31H26ClNO5/c32-26-16-25(30(34)33-18-24-14-8-7-13-23(24)15-27(33)31(35)36)28(37-19-21-9-3-1-4-10-21)17-29(26)38-20-22-11-5-2-6-12-22/h1-14,16-17,27H,15,18-20H2,(H,35,36)/t27-/m1/s1. The number of fused-ring (bicyclic) bond motifs is 1. The van der Waals surface area contributed by atoms with Crippen LogP contribution in [0.2, 0.25) is 5.02 Å². The average molecular weight is 528 g/mol. The number of carboxylic acids is 1. The largest absolute Gasteiger partial charge is 0.488 e. The predicted molar refractivity (Wildman–Crippen MR) is 144 cm³/mol. The van der Waals surface area contributed by atoms with Crippen molar-refractivity contribution in [1.82, 2.24) is 4.90 Å². The summed E-state index contributed by atoms with van der Waals surface area (Å²) in [5.74, 6) is -0.886. The lowest BCUT2D eigenvalue weighted by Crippen LogP contribution is -2.48. The van der Waals surface area contributed by atoms with E-state index in [2.05, 4.69) is 0 Å². The van der Waals surface area contributed by atoms with Gasteiger partial charge >= 0.3 is 5.97 Å². The molecule has 0 aliphatic carbocycles. The van der Waals surface area contributed by atoms with Crippen molar-refractivity contribution < 1.29 is 24.2 Å². The van der Waals surface area contributed by atoms with Crippen molar-refractivity contribution in [3.8, 4) is 11.5 Å². The maximum atomic E-state index is 13.9. The minimum Gasteiger partial charge on any atom is -0.488 e. The Balaban J connectivity index is 1.48. The fourth-order valence-electron chi connectivity index (χ4n) is 4.51. The number of carboxylic acid groups (broad SMARTS) is 1. The molecule has 1 amide bonds. The van der Waals surface area contributed by atoms with Crippen LogP contribution in [0, 0.1) is 0 Å². The van der Waals surface area contributed by atoms with Crippen molar-refractivity contribution in [2.45, 2.75) is 32.2 Å². The average Bonchev–Trinajstić information content (AvgIpc) is 2.95. The normalized spacial score (nSPS) is 14.4. The van der Waals surface area contributed by atoms with Gasteiger partial charge in [0.25, 0.3) is 5.91 Å². The molecule has 1 aliphatic heterocycles. The Morgan fingerprint density at radius 1 is 0.789 bits per heavy atom. The zero-order valence-corrected chi connectivity index (χ0v) is 21.3. The van der Waals surface area contributed by atoms with Gasteiger partial charge in [-0.25, -0.2) is 4.79 Å². The summed E-state index contributed by atoms with van der Waals surface area (Å²) in [5, 5.41) is 10.2. The van der Waals surface area contributed by atoms with Gasteiger partial charge in [0.05, 0.1) is 10.6 Å². The topological polar surface area (TPSA) is 76.1 Å². The number of carbonyl (C=O) groups is 2. The Hall–Kier alpha value is -4.29. The molecule has 0 saturated heterocycles. The van der Waals surface area contributed by atoms with E-state index in [0.717, 1.165) is 22.3 Å². The molecule has 4 aromatic carbocycles. The van der Waals surface area contributed by atoms with Gasteiger partial charge in [-0.3, -0.25) is 4.79 Å². The Labute approximate surface area is 226 Å². The lowest BCUT2D eigenvalue weighted by molar-refractivity contribution is -0.142. The number of halogens is 1. The van der Waals surface area contributed by atoms with Crippen molar-refractivity contribution in [3.63, 3.8) is 0 Å². The third-order valence-corrected chi connectivity index (χ3v) is 6.83. The molecule has 1 N–H and O–H groups in total. The molecule has 0 spiro atoms. The van der Waals surface area contributed by atoms with Crippen LogP contribution in [0.15, 0.2) is 97.1 Å². The minimum atomic E-state index is -1.06. The molecule has 1 heterocycles. The first-order valence-electron chi connectivity index (χ1n) is 12.3. The fraction of sp³-hybridized carbons (Fsp3) is 0.161. The Morgan fingerprint density at radius 3 is 1.95 bits per heavy atom. The number of aliphatic carboxylic acids is 1. The van der Waals surface area contributed by atoms with Crippen LogP contribution in [-0.4, -0.2) is 27.9 Å². The molecule has 0 saturated carbocycles. The van der Waals surface area contributed by atoms with E-state index in [9.17, 15) is 14.7 Å². The van der Waals surface area contributed by atoms with Gasteiger partial charge in [0, 0.05) is 19.0 Å². The van der Waals surface area contributed by atoms with Crippen LogP contribution < -0.4 is 9.47 Å². The quantitative estimate of drug-likeness (QED) is 0.297. The van der Waals surface area contributed by atoms with E-state index in [1.54, 1.807) is 6.07 Å². The first kappa shape index (κ1) is 25.4. The van der Waals surface area contributed by atoms with Crippen LogP contribution in [-0.2, 0) is 31.0 Å². The smallest absolute Gasteiger partial charge is 0.326 e. The third kappa shape index (κ3) is 5.66. The summed E-state index contributed by atoms with van der Waals surface area (Å²) in [4.78, 5) is 27.4. The van der Waals surface area contributed by atoms with Gasteiger partial charge in [-0.1, -0.05) is 96.5 Å². The minimum absolute atomic E-state index is 0.175. The van der Waals surface area contributed by atoms with Crippen LogP contribution in [0.3, 0.4) is 0 Å². The van der Waals surface area contributed by atoms with Crippen molar-refractivity contribution in [2.24, 2.45) is 0 Å². The molecule has 0 radical (unpaired) electrons. The third-order valence-electron chi connectivity index (χ3n) is 6.53. The molecule has 0 unspecified atom stereocenters. The summed E-state index contributed by atoms with van der Waals surface area (Å²) in [5.41, 5.74) is 3.91. The van der Waals surface area contributed by atoms with Crippen LogP contribution in [0.5, 0.6) is 11.5 Å². The van der Waals surface area contributed by atoms with E-state index < -0.39 is 17.9 Å². The number of benzene rings is 4. The van der Waals surface area contributed by atoms with Crippen molar-refractivity contribution in [2.75, 3.05) is 0 Å². The lowest BCUT2D eigenvalue weighted by atomic mass is 9.93. The van der Waals surface area contributed by atoms with Crippen molar-refractivity contribution in [3.05, 3.63) is 130 Å². The first-order valence-corrected chi connectivity index (χ1v) is 12.6. The number of ether oxygens (including phenoxy) is 2. The summed E-state index contributed by atoms with van der Waals surface area (Å²) in [6, 6.07) is 28.9. The monoisotopic (exact) mass is 527 g/mol. The molecule has 1 aliphatic rings. The van der Waals surface area contributed by atoms with Crippen molar-refractivity contribution >= 4 is 23.5 Å². The number of nitrogens with zero attached hydrogens (tertiary/aromatic N) is 1. The molecule has 192 valence electrons. The second kappa shape index (κ2) is 11.4. The summed E-state index contributed by atoms with van der Waals surface area (Å²) in [6.07, 6.45) is 0.226. The van der Waals surface area contributed by atoms with E-state index in [-0.39, 0.29) is 42.5 Å². The number of hydrogen-bond acceptors (Lipinski definition) is 4. The molecule has 6 nitrogen and oxygen atoms in total. The zero-order chi connectivity index (χ0) is 26.5. The summed E-state index contributed by atoms with van der Waals surface area (Å²) < 4.78 is 12.1. The Morgan fingerprint density at radius 2 is 1.34 bits per heavy atom. The van der Waals surface area contributed by atoms with E-state index in [1.165, 1.54) is 11.0 Å². The highest BCUT2D eigenvalue weighted by atomic mass is 35.5. The molecule has 0 fully saturated rings. The van der Waals surface area contributed by atoms with E-state index >= 15 is 0 Å². The maximum absolute atomic E-state index is 13.9. The van der Waals surface area contributed by atoms with E-state index in [4.69, 9.17) is 21.1 Å². The van der Waals surface area contributed by atoms with Gasteiger partial charge in [0.2, 0.25) is 0 Å². The summed E-state index contributed by atoms with van der Waals surface area (Å²) in [6.45, 7) is 0.677. The fourth-order valence-corrected chi connectivity index (χ4v) is 4.73. The van der Waals surface area contributed by atoms with Crippen molar-refractivity contribution in [1.29, 1.82) is 0 Å². The molecule has 7 heteroatoms.